The summed E-state index contributed by atoms with van der Waals surface area (Å²) in [5.41, 5.74) is 0.445. The Bertz CT molecular complexity index is 708. The van der Waals surface area contributed by atoms with E-state index in [1.165, 1.54) is 12.1 Å². The molecule has 1 aromatic heterocycles. The van der Waals surface area contributed by atoms with E-state index in [2.05, 4.69) is 10.3 Å². The van der Waals surface area contributed by atoms with Crippen molar-refractivity contribution < 1.29 is 14.3 Å². The van der Waals surface area contributed by atoms with Gasteiger partial charge in [-0.2, -0.15) is 0 Å². The summed E-state index contributed by atoms with van der Waals surface area (Å²) in [5.74, 6) is -0.577. The maximum absolute atomic E-state index is 13.0. The minimum absolute atomic E-state index is 0.195. The summed E-state index contributed by atoms with van der Waals surface area (Å²) >= 11 is 0. The fourth-order valence-electron chi connectivity index (χ4n) is 3.11. The van der Waals surface area contributed by atoms with Crippen LogP contribution >= 0.6 is 0 Å². The van der Waals surface area contributed by atoms with Gasteiger partial charge in [-0.3, -0.25) is 9.78 Å². The van der Waals surface area contributed by atoms with Gasteiger partial charge in [0.05, 0.1) is 0 Å². The third kappa shape index (κ3) is 4.41. The van der Waals surface area contributed by atoms with E-state index in [1.807, 2.05) is 12.1 Å². The highest BCUT2D eigenvalue weighted by atomic mass is 19.1. The van der Waals surface area contributed by atoms with Gasteiger partial charge in [-0.1, -0.05) is 18.2 Å². The van der Waals surface area contributed by atoms with Gasteiger partial charge in [0.1, 0.15) is 5.82 Å². The van der Waals surface area contributed by atoms with Gasteiger partial charge in [-0.15, -0.1) is 0 Å². The van der Waals surface area contributed by atoms with Crippen molar-refractivity contribution in [3.63, 3.8) is 0 Å². The van der Waals surface area contributed by atoms with Crippen molar-refractivity contribution in [3.05, 3.63) is 65.7 Å². The van der Waals surface area contributed by atoms with E-state index in [9.17, 15) is 14.3 Å². The summed E-state index contributed by atoms with van der Waals surface area (Å²) in [6.07, 6.45) is 4.62. The second kappa shape index (κ2) is 7.72. The molecule has 0 spiro atoms. The number of likely N-dealkylation sites (tertiary alicyclic amines) is 1. The lowest BCUT2D eigenvalue weighted by Crippen LogP contribution is -2.57. The number of carbonyl (C=O) groups excluding carboxylic acids is 1. The lowest BCUT2D eigenvalue weighted by Gasteiger charge is -2.38. The fraction of sp³-hybridized carbons (Fsp3) is 0.368. The van der Waals surface area contributed by atoms with Gasteiger partial charge in [0.25, 0.3) is 5.91 Å². The van der Waals surface area contributed by atoms with Gasteiger partial charge in [0.2, 0.25) is 0 Å². The zero-order chi connectivity index (χ0) is 17.7. The predicted octanol–water partition coefficient (Wildman–Crippen LogP) is 1.86. The molecule has 1 amide bonds. The number of piperidine rings is 1. The molecule has 5 nitrogen and oxygen atoms in total. The standard InChI is InChI=1S/C19H22FN3O2/c20-17-6-4-15(5-7-17)13-23-10-2-8-19(25,18(23)24)14-22-12-16-3-1-9-21-11-16/h1,3-7,9,11,22,25H,2,8,10,12-14H2/t19-/m1/s1. The van der Waals surface area contributed by atoms with Crippen LogP contribution in [0.1, 0.15) is 24.0 Å². The van der Waals surface area contributed by atoms with Crippen LogP contribution in [-0.4, -0.2) is 39.6 Å². The van der Waals surface area contributed by atoms with Crippen molar-refractivity contribution in [2.75, 3.05) is 13.1 Å². The number of aromatic nitrogens is 1. The number of nitrogens with one attached hydrogen (secondary N) is 1. The fourth-order valence-corrected chi connectivity index (χ4v) is 3.11. The van der Waals surface area contributed by atoms with Crippen LogP contribution in [0.5, 0.6) is 0 Å². The Morgan fingerprint density at radius 1 is 1.24 bits per heavy atom. The molecular weight excluding hydrogens is 321 g/mol. The summed E-state index contributed by atoms with van der Waals surface area (Å²) in [7, 11) is 0. The van der Waals surface area contributed by atoms with E-state index in [1.54, 1.807) is 29.4 Å². The Balaban J connectivity index is 1.59. The second-order valence-electron chi connectivity index (χ2n) is 6.45. The van der Waals surface area contributed by atoms with Crippen molar-refractivity contribution >= 4 is 5.91 Å². The van der Waals surface area contributed by atoms with Gasteiger partial charge in [-0.05, 0) is 42.2 Å². The molecule has 1 fully saturated rings. The van der Waals surface area contributed by atoms with Crippen LogP contribution in [0.25, 0.3) is 0 Å². The molecule has 0 saturated carbocycles. The lowest BCUT2D eigenvalue weighted by molar-refractivity contribution is -0.157. The number of hydrogen-bond acceptors (Lipinski definition) is 4. The Labute approximate surface area is 146 Å². The van der Waals surface area contributed by atoms with Crippen LogP contribution in [0.2, 0.25) is 0 Å². The van der Waals surface area contributed by atoms with Crippen LogP contribution in [0.4, 0.5) is 4.39 Å². The highest BCUT2D eigenvalue weighted by molar-refractivity contribution is 5.86. The molecular formula is C19H22FN3O2. The number of rotatable bonds is 6. The number of pyridine rings is 1. The van der Waals surface area contributed by atoms with E-state index in [0.29, 0.717) is 26.1 Å². The molecule has 132 valence electrons. The first-order valence-electron chi connectivity index (χ1n) is 8.43. The molecule has 1 atom stereocenters. The number of amides is 1. The summed E-state index contributed by atoms with van der Waals surface area (Å²) in [6, 6.07) is 9.88. The quantitative estimate of drug-likeness (QED) is 0.840. The van der Waals surface area contributed by atoms with Crippen LogP contribution in [0, 0.1) is 5.82 Å². The number of benzene rings is 1. The lowest BCUT2D eigenvalue weighted by atomic mass is 9.91. The highest BCUT2D eigenvalue weighted by Crippen LogP contribution is 2.24. The molecule has 2 aromatic rings. The molecule has 2 N–H and O–H groups in total. The average molecular weight is 343 g/mol. The third-order valence-corrected chi connectivity index (χ3v) is 4.46. The number of aliphatic hydroxyl groups is 1. The maximum Gasteiger partial charge on any atom is 0.256 e. The smallest absolute Gasteiger partial charge is 0.256 e. The van der Waals surface area contributed by atoms with E-state index in [0.717, 1.165) is 17.5 Å². The van der Waals surface area contributed by atoms with Crippen molar-refractivity contribution in [1.29, 1.82) is 0 Å². The van der Waals surface area contributed by atoms with Crippen molar-refractivity contribution in [3.8, 4) is 0 Å². The van der Waals surface area contributed by atoms with Gasteiger partial charge in [-0.25, -0.2) is 4.39 Å². The average Bonchev–Trinajstić information content (AvgIpc) is 2.62. The number of carbonyl (C=O) groups is 1. The van der Waals surface area contributed by atoms with Crippen LogP contribution < -0.4 is 5.32 Å². The largest absolute Gasteiger partial charge is 0.379 e. The third-order valence-electron chi connectivity index (χ3n) is 4.46. The van der Waals surface area contributed by atoms with Crippen LogP contribution in [0.3, 0.4) is 0 Å². The summed E-state index contributed by atoms with van der Waals surface area (Å²) in [4.78, 5) is 18.4. The van der Waals surface area contributed by atoms with Crippen LogP contribution in [-0.2, 0) is 17.9 Å². The molecule has 1 saturated heterocycles. The molecule has 1 aromatic carbocycles. The van der Waals surface area contributed by atoms with Crippen molar-refractivity contribution in [2.45, 2.75) is 31.5 Å². The second-order valence-corrected chi connectivity index (χ2v) is 6.45. The first-order valence-corrected chi connectivity index (χ1v) is 8.43. The molecule has 25 heavy (non-hydrogen) atoms. The summed E-state index contributed by atoms with van der Waals surface area (Å²) in [5, 5.41) is 13.9. The first kappa shape index (κ1) is 17.5. The van der Waals surface area contributed by atoms with Crippen molar-refractivity contribution in [1.82, 2.24) is 15.2 Å². The highest BCUT2D eigenvalue weighted by Gasteiger charge is 2.41. The van der Waals surface area contributed by atoms with E-state index in [4.69, 9.17) is 0 Å². The first-order chi connectivity index (χ1) is 12.1. The SMILES string of the molecule is O=C1N(Cc2ccc(F)cc2)CCC[C@@]1(O)CNCc1cccnc1. The Morgan fingerprint density at radius 2 is 2.04 bits per heavy atom. The zero-order valence-electron chi connectivity index (χ0n) is 14.0. The minimum atomic E-state index is -1.40. The van der Waals surface area contributed by atoms with E-state index >= 15 is 0 Å². The van der Waals surface area contributed by atoms with Crippen LogP contribution in [0.15, 0.2) is 48.8 Å². The Morgan fingerprint density at radius 3 is 2.76 bits per heavy atom. The molecule has 0 radical (unpaired) electrons. The van der Waals surface area contributed by atoms with Gasteiger partial charge in [0, 0.05) is 38.6 Å². The summed E-state index contributed by atoms with van der Waals surface area (Å²) < 4.78 is 13.0. The molecule has 3 rings (SSSR count). The monoisotopic (exact) mass is 343 g/mol. The van der Waals surface area contributed by atoms with E-state index < -0.39 is 5.60 Å². The Hall–Kier alpha value is -2.31. The maximum atomic E-state index is 13.0. The molecule has 6 heteroatoms. The molecule has 1 aliphatic rings. The molecule has 0 unspecified atom stereocenters. The number of halogens is 1. The molecule has 2 heterocycles. The Kier molecular flexibility index (Phi) is 5.40. The summed E-state index contributed by atoms with van der Waals surface area (Å²) in [6.45, 7) is 1.72. The van der Waals surface area contributed by atoms with Gasteiger partial charge < -0.3 is 15.3 Å². The predicted molar refractivity (Wildman–Crippen MR) is 91.9 cm³/mol. The molecule has 0 bridgehead atoms. The normalized spacial score (nSPS) is 20.7. The molecule has 1 aliphatic heterocycles. The van der Waals surface area contributed by atoms with Gasteiger partial charge in [0.15, 0.2) is 5.60 Å². The number of nitrogens with zero attached hydrogens (tertiary/aromatic N) is 2. The zero-order valence-corrected chi connectivity index (χ0v) is 14.0. The van der Waals surface area contributed by atoms with E-state index in [-0.39, 0.29) is 18.3 Å². The minimum Gasteiger partial charge on any atom is -0.379 e. The number of hydrogen-bond donors (Lipinski definition) is 2. The van der Waals surface area contributed by atoms with Gasteiger partial charge >= 0.3 is 0 Å². The molecule has 0 aliphatic carbocycles. The topological polar surface area (TPSA) is 65.5 Å². The van der Waals surface area contributed by atoms with Crippen molar-refractivity contribution in [2.24, 2.45) is 0 Å².